The van der Waals surface area contributed by atoms with Gasteiger partial charge in [-0.3, -0.25) is 0 Å². The third-order valence-corrected chi connectivity index (χ3v) is 4.19. The molecule has 0 spiro atoms. The van der Waals surface area contributed by atoms with Gasteiger partial charge in [0.25, 0.3) is 0 Å². The van der Waals surface area contributed by atoms with Crippen molar-refractivity contribution in [2.24, 2.45) is 0 Å². The molecule has 1 rings (SSSR count). The molecule has 0 bridgehead atoms. The molecule has 1 aromatic carbocycles. The van der Waals surface area contributed by atoms with Crippen LogP contribution in [0.4, 0.5) is 4.39 Å². The minimum Gasteiger partial charge on any atom is -0.305 e. The molecule has 1 nitrogen and oxygen atoms in total. The minimum absolute atomic E-state index is 0.128. The van der Waals surface area contributed by atoms with Gasteiger partial charge in [0, 0.05) is 29.4 Å². The highest BCUT2D eigenvalue weighted by Gasteiger charge is 2.25. The van der Waals surface area contributed by atoms with E-state index in [-0.39, 0.29) is 10.6 Å². The van der Waals surface area contributed by atoms with E-state index in [1.54, 1.807) is 12.1 Å². The first-order valence-electron chi connectivity index (χ1n) is 5.38. The van der Waals surface area contributed by atoms with Gasteiger partial charge in [-0.25, -0.2) is 4.39 Å². The van der Waals surface area contributed by atoms with E-state index >= 15 is 0 Å². The molecule has 0 unspecified atom stereocenters. The second-order valence-corrected chi connectivity index (χ2v) is 4.91. The van der Waals surface area contributed by atoms with Gasteiger partial charge in [0.1, 0.15) is 5.82 Å². The summed E-state index contributed by atoms with van der Waals surface area (Å²) in [4.78, 5) is 0. The zero-order valence-electron chi connectivity index (χ0n) is 9.57. The van der Waals surface area contributed by atoms with E-state index in [9.17, 15) is 4.39 Å². The molecule has 0 amide bonds. The summed E-state index contributed by atoms with van der Waals surface area (Å²) in [5.74, 6) is 0.375. The molecule has 0 saturated carbocycles. The van der Waals surface area contributed by atoms with Crippen molar-refractivity contribution in [2.75, 3.05) is 11.8 Å². The van der Waals surface area contributed by atoms with Crippen LogP contribution in [-0.2, 0) is 6.54 Å². The standard InChI is InChI=1S/C12H15Cl3FN/c1-2-12(7-13,8-14)17-6-9-4-3-5-10(15)11(9)16/h3-5,17H,2,6-8H2,1H3. The fourth-order valence-electron chi connectivity index (χ4n) is 1.41. The Morgan fingerprint density at radius 1 is 1.29 bits per heavy atom. The van der Waals surface area contributed by atoms with Gasteiger partial charge in [-0.1, -0.05) is 30.7 Å². The topological polar surface area (TPSA) is 12.0 Å². The zero-order chi connectivity index (χ0) is 12.9. The van der Waals surface area contributed by atoms with Crippen molar-refractivity contribution in [2.45, 2.75) is 25.4 Å². The molecule has 0 aliphatic carbocycles. The predicted molar refractivity (Wildman–Crippen MR) is 72.7 cm³/mol. The highest BCUT2D eigenvalue weighted by atomic mass is 35.5. The Morgan fingerprint density at radius 3 is 2.47 bits per heavy atom. The van der Waals surface area contributed by atoms with E-state index < -0.39 is 5.82 Å². The third kappa shape index (κ3) is 3.72. The van der Waals surface area contributed by atoms with Crippen molar-refractivity contribution in [3.8, 4) is 0 Å². The van der Waals surface area contributed by atoms with Crippen molar-refractivity contribution in [3.63, 3.8) is 0 Å². The lowest BCUT2D eigenvalue weighted by Gasteiger charge is -2.29. The molecule has 0 radical (unpaired) electrons. The van der Waals surface area contributed by atoms with Crippen LogP contribution in [0.5, 0.6) is 0 Å². The second kappa shape index (κ2) is 6.79. The van der Waals surface area contributed by atoms with Crippen molar-refractivity contribution in [1.29, 1.82) is 0 Å². The van der Waals surface area contributed by atoms with Gasteiger partial charge in [-0.15, -0.1) is 23.2 Å². The Bertz CT molecular complexity index is 359. The molecular weight excluding hydrogens is 283 g/mol. The SMILES string of the molecule is CCC(CCl)(CCl)NCc1cccc(Cl)c1F. The maximum Gasteiger partial charge on any atom is 0.146 e. The van der Waals surface area contributed by atoms with Crippen molar-refractivity contribution >= 4 is 34.8 Å². The average molecular weight is 299 g/mol. The first-order chi connectivity index (χ1) is 8.08. The van der Waals surface area contributed by atoms with Crippen LogP contribution in [0.1, 0.15) is 18.9 Å². The summed E-state index contributed by atoms with van der Waals surface area (Å²) in [6, 6.07) is 4.94. The summed E-state index contributed by atoms with van der Waals surface area (Å²) >= 11 is 17.5. The monoisotopic (exact) mass is 297 g/mol. The maximum atomic E-state index is 13.7. The van der Waals surface area contributed by atoms with Crippen LogP contribution in [0, 0.1) is 5.82 Å². The normalized spacial score (nSPS) is 11.8. The Balaban J connectivity index is 2.75. The van der Waals surface area contributed by atoms with E-state index in [2.05, 4.69) is 5.32 Å². The molecule has 0 aliphatic heterocycles. The van der Waals surface area contributed by atoms with Crippen LogP contribution in [0.15, 0.2) is 18.2 Å². The van der Waals surface area contributed by atoms with Gasteiger partial charge in [0.05, 0.1) is 5.02 Å². The van der Waals surface area contributed by atoms with Gasteiger partial charge in [0.2, 0.25) is 0 Å². The largest absolute Gasteiger partial charge is 0.305 e. The van der Waals surface area contributed by atoms with E-state index in [1.165, 1.54) is 6.07 Å². The zero-order valence-corrected chi connectivity index (χ0v) is 11.8. The number of halogens is 4. The Morgan fingerprint density at radius 2 is 1.94 bits per heavy atom. The molecule has 1 aromatic rings. The Labute approximate surface area is 116 Å². The van der Waals surface area contributed by atoms with Crippen LogP contribution in [0.2, 0.25) is 5.02 Å². The number of hydrogen-bond acceptors (Lipinski definition) is 1. The summed E-state index contributed by atoms with van der Waals surface area (Å²) < 4.78 is 13.7. The van der Waals surface area contributed by atoms with Gasteiger partial charge >= 0.3 is 0 Å². The Kier molecular flexibility index (Phi) is 6.01. The van der Waals surface area contributed by atoms with Crippen LogP contribution in [0.25, 0.3) is 0 Å². The number of alkyl halides is 2. The average Bonchev–Trinajstić information content (AvgIpc) is 2.36. The lowest BCUT2D eigenvalue weighted by atomic mass is 10.0. The van der Waals surface area contributed by atoms with E-state index in [0.29, 0.717) is 23.9 Å². The number of rotatable bonds is 6. The first-order valence-corrected chi connectivity index (χ1v) is 6.83. The van der Waals surface area contributed by atoms with E-state index in [0.717, 1.165) is 6.42 Å². The van der Waals surface area contributed by atoms with Crippen LogP contribution >= 0.6 is 34.8 Å². The number of nitrogens with one attached hydrogen (secondary N) is 1. The fraction of sp³-hybridized carbons (Fsp3) is 0.500. The van der Waals surface area contributed by atoms with Crippen LogP contribution in [-0.4, -0.2) is 17.3 Å². The molecule has 1 N–H and O–H groups in total. The predicted octanol–water partition coefficient (Wildman–Crippen LogP) is 4.20. The number of hydrogen-bond donors (Lipinski definition) is 1. The molecular formula is C12H15Cl3FN. The molecule has 0 aromatic heterocycles. The van der Waals surface area contributed by atoms with Gasteiger partial charge in [-0.05, 0) is 12.5 Å². The summed E-state index contributed by atoms with van der Waals surface area (Å²) in [5.41, 5.74) is 0.156. The number of benzene rings is 1. The van der Waals surface area contributed by atoms with Crippen molar-refractivity contribution in [1.82, 2.24) is 5.32 Å². The highest BCUT2D eigenvalue weighted by molar-refractivity contribution is 6.30. The quantitative estimate of drug-likeness (QED) is 0.776. The molecule has 0 aliphatic rings. The molecule has 0 fully saturated rings. The minimum atomic E-state index is -0.393. The summed E-state index contributed by atoms with van der Waals surface area (Å²) in [6.07, 6.45) is 0.780. The van der Waals surface area contributed by atoms with Crippen LogP contribution < -0.4 is 5.32 Å². The van der Waals surface area contributed by atoms with E-state index in [4.69, 9.17) is 34.8 Å². The highest BCUT2D eigenvalue weighted by Crippen LogP contribution is 2.20. The molecule has 5 heteroatoms. The summed E-state index contributed by atoms with van der Waals surface area (Å²) in [5, 5.41) is 3.33. The molecule has 17 heavy (non-hydrogen) atoms. The Hall–Kier alpha value is -0.0200. The molecule has 0 saturated heterocycles. The van der Waals surface area contributed by atoms with Gasteiger partial charge in [0.15, 0.2) is 0 Å². The first kappa shape index (κ1) is 15.0. The van der Waals surface area contributed by atoms with Crippen LogP contribution in [0.3, 0.4) is 0 Å². The smallest absolute Gasteiger partial charge is 0.146 e. The van der Waals surface area contributed by atoms with Gasteiger partial charge < -0.3 is 5.32 Å². The molecule has 0 heterocycles. The van der Waals surface area contributed by atoms with E-state index in [1.807, 2.05) is 6.92 Å². The summed E-state index contributed by atoms with van der Waals surface area (Å²) in [6.45, 7) is 2.35. The maximum absolute atomic E-state index is 13.7. The van der Waals surface area contributed by atoms with Gasteiger partial charge in [-0.2, -0.15) is 0 Å². The van der Waals surface area contributed by atoms with Crippen molar-refractivity contribution < 1.29 is 4.39 Å². The molecule has 0 atom stereocenters. The lowest BCUT2D eigenvalue weighted by molar-refractivity contribution is 0.381. The lowest BCUT2D eigenvalue weighted by Crippen LogP contribution is -2.48. The third-order valence-electron chi connectivity index (χ3n) is 2.87. The molecule has 96 valence electrons. The fourth-order valence-corrected chi connectivity index (χ4v) is 2.46. The second-order valence-electron chi connectivity index (χ2n) is 3.97. The summed E-state index contributed by atoms with van der Waals surface area (Å²) in [7, 11) is 0. The van der Waals surface area contributed by atoms with Crippen molar-refractivity contribution in [3.05, 3.63) is 34.6 Å².